The highest BCUT2D eigenvalue weighted by molar-refractivity contribution is 7.21. The third-order valence-corrected chi connectivity index (χ3v) is 5.07. The normalized spacial score (nSPS) is 11.0. The zero-order chi connectivity index (χ0) is 15.0. The Kier molecular flexibility index (Phi) is 3.60. The molecule has 0 aliphatic carbocycles. The van der Waals surface area contributed by atoms with Crippen LogP contribution in [0.25, 0.3) is 10.2 Å². The maximum atomic E-state index is 12.3. The molecule has 0 spiro atoms. The Morgan fingerprint density at radius 3 is 2.90 bits per heavy atom. The molecule has 3 N–H and O–H groups in total. The van der Waals surface area contributed by atoms with Crippen LogP contribution in [0.4, 0.5) is 5.69 Å². The maximum Gasteiger partial charge on any atom is 0.263 e. The average molecular weight is 318 g/mol. The van der Waals surface area contributed by atoms with E-state index >= 15 is 0 Å². The molecule has 3 heterocycles. The topological polar surface area (TPSA) is 80.9 Å². The molecule has 0 aromatic carbocycles. The van der Waals surface area contributed by atoms with Gasteiger partial charge >= 0.3 is 0 Å². The number of fused-ring (bicyclic) bond motifs is 1. The van der Waals surface area contributed by atoms with Crippen LogP contribution in [0.2, 0.25) is 0 Å². The third kappa shape index (κ3) is 2.62. The molecule has 5 nitrogen and oxygen atoms in total. The van der Waals surface area contributed by atoms with Gasteiger partial charge in [0.1, 0.15) is 9.71 Å². The minimum absolute atomic E-state index is 0.180. The van der Waals surface area contributed by atoms with Crippen molar-refractivity contribution in [2.75, 3.05) is 5.73 Å². The molecule has 0 aliphatic rings. The summed E-state index contributed by atoms with van der Waals surface area (Å²) in [4.78, 5) is 22.2. The van der Waals surface area contributed by atoms with Crippen LogP contribution in [-0.4, -0.2) is 15.9 Å². The molecule has 0 fully saturated rings. The van der Waals surface area contributed by atoms with Crippen LogP contribution in [0, 0.1) is 13.8 Å². The number of nitrogen functional groups attached to an aromatic ring is 1. The lowest BCUT2D eigenvalue weighted by atomic mass is 10.2. The number of anilines is 1. The van der Waals surface area contributed by atoms with E-state index in [4.69, 9.17) is 5.73 Å². The third-order valence-electron chi connectivity index (χ3n) is 3.14. The number of aromatic nitrogens is 2. The van der Waals surface area contributed by atoms with E-state index in [2.05, 4.69) is 15.3 Å². The first-order valence-electron chi connectivity index (χ1n) is 6.39. The molecule has 0 aliphatic heterocycles. The molecule has 1 amide bonds. The Balaban J connectivity index is 1.84. The predicted molar refractivity (Wildman–Crippen MR) is 86.8 cm³/mol. The van der Waals surface area contributed by atoms with E-state index in [1.807, 2.05) is 25.3 Å². The van der Waals surface area contributed by atoms with Crippen molar-refractivity contribution in [1.29, 1.82) is 0 Å². The van der Waals surface area contributed by atoms with Crippen LogP contribution in [0.5, 0.6) is 0 Å². The number of hydrogen-bond acceptors (Lipinski definition) is 6. The minimum atomic E-state index is -0.180. The summed E-state index contributed by atoms with van der Waals surface area (Å²) in [5.41, 5.74) is 8.51. The van der Waals surface area contributed by atoms with Crippen molar-refractivity contribution in [3.8, 4) is 0 Å². The average Bonchev–Trinajstić information content (AvgIpc) is 3.01. The SMILES string of the molecule is Cc1nc(CNC(=O)c2sc3nccc(C)c3c2N)cs1. The first-order valence-corrected chi connectivity index (χ1v) is 8.08. The number of carbonyl (C=O) groups is 1. The molecule has 108 valence electrons. The lowest BCUT2D eigenvalue weighted by Gasteiger charge is -2.02. The van der Waals surface area contributed by atoms with E-state index < -0.39 is 0 Å². The van der Waals surface area contributed by atoms with E-state index in [1.54, 1.807) is 17.5 Å². The molecule has 0 saturated carbocycles. The van der Waals surface area contributed by atoms with Gasteiger partial charge in [0, 0.05) is 17.0 Å². The number of aryl methyl sites for hydroxylation is 2. The molecule has 3 rings (SSSR count). The van der Waals surface area contributed by atoms with Crippen molar-refractivity contribution in [1.82, 2.24) is 15.3 Å². The van der Waals surface area contributed by atoms with E-state index in [0.29, 0.717) is 17.1 Å². The Morgan fingerprint density at radius 2 is 2.24 bits per heavy atom. The number of carbonyl (C=O) groups excluding carboxylic acids is 1. The van der Waals surface area contributed by atoms with Gasteiger partial charge in [-0.05, 0) is 25.5 Å². The fraction of sp³-hybridized carbons (Fsp3) is 0.214. The smallest absolute Gasteiger partial charge is 0.263 e. The van der Waals surface area contributed by atoms with E-state index in [9.17, 15) is 4.79 Å². The van der Waals surface area contributed by atoms with Gasteiger partial charge in [-0.25, -0.2) is 9.97 Å². The molecule has 0 unspecified atom stereocenters. The summed E-state index contributed by atoms with van der Waals surface area (Å²) in [5.74, 6) is -0.180. The molecular formula is C14H14N4OS2. The molecule has 0 saturated heterocycles. The lowest BCUT2D eigenvalue weighted by Crippen LogP contribution is -2.22. The Labute approximate surface area is 129 Å². The quantitative estimate of drug-likeness (QED) is 0.778. The highest BCUT2D eigenvalue weighted by atomic mass is 32.1. The van der Waals surface area contributed by atoms with Crippen LogP contribution in [0.15, 0.2) is 17.6 Å². The fourth-order valence-corrected chi connectivity index (χ4v) is 3.78. The van der Waals surface area contributed by atoms with Gasteiger partial charge in [0.05, 0.1) is 22.9 Å². The monoisotopic (exact) mass is 318 g/mol. The highest BCUT2D eigenvalue weighted by Gasteiger charge is 2.18. The van der Waals surface area contributed by atoms with Gasteiger partial charge in [-0.3, -0.25) is 4.79 Å². The molecule has 0 atom stereocenters. The van der Waals surface area contributed by atoms with Crippen molar-refractivity contribution in [3.63, 3.8) is 0 Å². The maximum absolute atomic E-state index is 12.3. The van der Waals surface area contributed by atoms with Gasteiger partial charge in [-0.1, -0.05) is 0 Å². The van der Waals surface area contributed by atoms with Crippen LogP contribution in [0.1, 0.15) is 25.9 Å². The van der Waals surface area contributed by atoms with Gasteiger partial charge in [0.15, 0.2) is 0 Å². The summed E-state index contributed by atoms with van der Waals surface area (Å²) in [6.45, 7) is 4.31. The summed E-state index contributed by atoms with van der Waals surface area (Å²) in [7, 11) is 0. The van der Waals surface area contributed by atoms with Gasteiger partial charge < -0.3 is 11.1 Å². The standard InChI is InChI=1S/C14H14N4OS2/c1-7-3-4-16-14-10(7)11(15)12(21-14)13(19)17-5-9-6-20-8(2)18-9/h3-4,6H,5,15H2,1-2H3,(H,17,19). The van der Waals surface area contributed by atoms with Crippen LogP contribution >= 0.6 is 22.7 Å². The number of thiazole rings is 1. The van der Waals surface area contributed by atoms with Gasteiger partial charge in [-0.15, -0.1) is 22.7 Å². The van der Waals surface area contributed by atoms with Crippen molar-refractivity contribution >= 4 is 44.5 Å². The first kappa shape index (κ1) is 14.0. The largest absolute Gasteiger partial charge is 0.397 e. The Bertz CT molecular complexity index is 822. The second-order valence-corrected chi connectivity index (χ2v) is 6.75. The van der Waals surface area contributed by atoms with Crippen LogP contribution in [-0.2, 0) is 6.54 Å². The number of amides is 1. The Hall–Kier alpha value is -1.99. The first-order chi connectivity index (χ1) is 10.1. The zero-order valence-corrected chi connectivity index (χ0v) is 13.3. The molecule has 3 aromatic rings. The van der Waals surface area contributed by atoms with Gasteiger partial charge in [0.2, 0.25) is 0 Å². The summed E-state index contributed by atoms with van der Waals surface area (Å²) >= 11 is 2.89. The number of rotatable bonds is 3. The number of nitrogens with one attached hydrogen (secondary N) is 1. The fourth-order valence-electron chi connectivity index (χ4n) is 2.11. The molecule has 3 aromatic heterocycles. The summed E-state index contributed by atoms with van der Waals surface area (Å²) in [6.07, 6.45) is 1.73. The Morgan fingerprint density at radius 1 is 1.43 bits per heavy atom. The second kappa shape index (κ2) is 5.42. The number of hydrogen-bond donors (Lipinski definition) is 2. The number of thiophene rings is 1. The molecule has 0 bridgehead atoms. The molecular weight excluding hydrogens is 304 g/mol. The number of pyridine rings is 1. The van der Waals surface area contributed by atoms with Crippen LogP contribution < -0.4 is 11.1 Å². The molecule has 21 heavy (non-hydrogen) atoms. The molecule has 7 heteroatoms. The molecule has 0 radical (unpaired) electrons. The predicted octanol–water partition coefficient (Wildman–Crippen LogP) is 2.88. The van der Waals surface area contributed by atoms with E-state index in [-0.39, 0.29) is 5.91 Å². The van der Waals surface area contributed by atoms with Crippen molar-refractivity contribution in [3.05, 3.63) is 38.8 Å². The van der Waals surface area contributed by atoms with Gasteiger partial charge in [-0.2, -0.15) is 0 Å². The summed E-state index contributed by atoms with van der Waals surface area (Å²) in [6, 6.07) is 1.89. The summed E-state index contributed by atoms with van der Waals surface area (Å²) < 4.78 is 0. The van der Waals surface area contributed by atoms with Crippen LogP contribution in [0.3, 0.4) is 0 Å². The zero-order valence-electron chi connectivity index (χ0n) is 11.6. The lowest BCUT2D eigenvalue weighted by molar-refractivity contribution is 0.0955. The van der Waals surface area contributed by atoms with Crippen molar-refractivity contribution in [2.24, 2.45) is 0 Å². The summed E-state index contributed by atoms with van der Waals surface area (Å²) in [5, 5.41) is 6.66. The van der Waals surface area contributed by atoms with Crippen molar-refractivity contribution in [2.45, 2.75) is 20.4 Å². The van der Waals surface area contributed by atoms with Crippen molar-refractivity contribution < 1.29 is 4.79 Å². The highest BCUT2D eigenvalue weighted by Crippen LogP contribution is 2.34. The van der Waals surface area contributed by atoms with Gasteiger partial charge in [0.25, 0.3) is 5.91 Å². The van der Waals surface area contributed by atoms with E-state index in [0.717, 1.165) is 26.5 Å². The number of nitrogens with zero attached hydrogens (tertiary/aromatic N) is 2. The number of nitrogens with two attached hydrogens (primary N) is 1. The van der Waals surface area contributed by atoms with E-state index in [1.165, 1.54) is 11.3 Å². The second-order valence-electron chi connectivity index (χ2n) is 4.69. The minimum Gasteiger partial charge on any atom is -0.397 e.